The van der Waals surface area contributed by atoms with Gasteiger partial charge in [0.15, 0.2) is 0 Å². The number of carboxylic acids is 1. The fourth-order valence-electron chi connectivity index (χ4n) is 2.00. The maximum absolute atomic E-state index is 11.2. The Bertz CT molecular complexity index is 744. The Kier molecular flexibility index (Phi) is 3.89. The van der Waals surface area contributed by atoms with Crippen LogP contribution in [-0.2, 0) is 4.79 Å². The Morgan fingerprint density at radius 2 is 2.10 bits per heavy atom. The molecule has 2 rings (SSSR count). The highest BCUT2D eigenvalue weighted by molar-refractivity contribution is 5.91. The number of nitrogens with zero attached hydrogens (tertiary/aromatic N) is 2. The molecule has 0 amide bonds. The Hall–Kier alpha value is -2.89. The molecule has 1 heterocycles. The lowest BCUT2D eigenvalue weighted by Crippen LogP contribution is -2.02. The molecular weight excluding hydrogens is 272 g/mol. The fourth-order valence-corrected chi connectivity index (χ4v) is 2.00. The first-order valence-corrected chi connectivity index (χ1v) is 6.24. The lowest BCUT2D eigenvalue weighted by molar-refractivity contribution is -0.384. The van der Waals surface area contributed by atoms with Crippen molar-refractivity contribution in [2.75, 3.05) is 0 Å². The molecule has 1 aromatic heterocycles. The molecule has 0 saturated heterocycles. The zero-order valence-corrected chi connectivity index (χ0v) is 11.6. The Morgan fingerprint density at radius 3 is 2.71 bits per heavy atom. The van der Waals surface area contributed by atoms with E-state index in [0.29, 0.717) is 11.4 Å². The van der Waals surface area contributed by atoms with E-state index < -0.39 is 10.9 Å². The molecule has 6 heteroatoms. The van der Waals surface area contributed by atoms with Gasteiger partial charge in [0.05, 0.1) is 4.92 Å². The second-order valence-corrected chi connectivity index (χ2v) is 4.68. The summed E-state index contributed by atoms with van der Waals surface area (Å²) >= 11 is 0. The summed E-state index contributed by atoms with van der Waals surface area (Å²) in [6, 6.07) is 8.34. The first-order chi connectivity index (χ1) is 9.90. The average Bonchev–Trinajstić information content (AvgIpc) is 2.86. The molecule has 0 unspecified atom stereocenters. The molecule has 0 bridgehead atoms. The van der Waals surface area contributed by atoms with E-state index in [1.807, 2.05) is 0 Å². The van der Waals surface area contributed by atoms with E-state index in [9.17, 15) is 14.9 Å². The molecule has 1 N–H and O–H groups in total. The van der Waals surface area contributed by atoms with Gasteiger partial charge in [-0.15, -0.1) is 0 Å². The summed E-state index contributed by atoms with van der Waals surface area (Å²) < 4.78 is 1.60. The zero-order chi connectivity index (χ0) is 15.6. The summed E-state index contributed by atoms with van der Waals surface area (Å²) in [6.07, 6.45) is 3.14. The number of aromatic nitrogens is 1. The third-order valence-corrected chi connectivity index (χ3v) is 3.07. The predicted octanol–water partition coefficient (Wildman–Crippen LogP) is 3.18. The van der Waals surface area contributed by atoms with Crippen LogP contribution in [0.1, 0.15) is 18.2 Å². The van der Waals surface area contributed by atoms with Crippen LogP contribution in [0.3, 0.4) is 0 Å². The molecule has 21 heavy (non-hydrogen) atoms. The average molecular weight is 286 g/mol. The largest absolute Gasteiger partial charge is 0.478 e. The zero-order valence-electron chi connectivity index (χ0n) is 11.6. The summed E-state index contributed by atoms with van der Waals surface area (Å²) in [5, 5.41) is 20.1. The Balaban J connectivity index is 2.60. The Morgan fingerprint density at radius 1 is 1.38 bits per heavy atom. The van der Waals surface area contributed by atoms with E-state index in [1.54, 1.807) is 42.0 Å². The highest BCUT2D eigenvalue weighted by Gasteiger charge is 2.16. The summed E-state index contributed by atoms with van der Waals surface area (Å²) in [4.78, 5) is 21.7. The van der Waals surface area contributed by atoms with Gasteiger partial charge < -0.3 is 9.67 Å². The number of carbonyl (C=O) groups is 1. The van der Waals surface area contributed by atoms with Crippen LogP contribution < -0.4 is 0 Å². The van der Waals surface area contributed by atoms with Gasteiger partial charge in [0, 0.05) is 23.5 Å². The molecule has 0 aliphatic carbocycles. The number of hydrogen-bond acceptors (Lipinski definition) is 3. The number of benzene rings is 1. The third kappa shape index (κ3) is 3.00. The van der Waals surface area contributed by atoms with Crippen LogP contribution in [0.5, 0.6) is 0 Å². The normalized spacial score (nSPS) is 11.4. The Labute approximate surface area is 121 Å². The third-order valence-electron chi connectivity index (χ3n) is 3.07. The van der Waals surface area contributed by atoms with Crippen LogP contribution in [0.15, 0.2) is 42.1 Å². The van der Waals surface area contributed by atoms with Crippen molar-refractivity contribution in [3.8, 4) is 5.69 Å². The monoisotopic (exact) mass is 286 g/mol. The van der Waals surface area contributed by atoms with Gasteiger partial charge in [0.2, 0.25) is 0 Å². The van der Waals surface area contributed by atoms with Gasteiger partial charge in [0.1, 0.15) is 5.69 Å². The van der Waals surface area contributed by atoms with Crippen molar-refractivity contribution >= 4 is 17.7 Å². The second kappa shape index (κ2) is 5.62. The van der Waals surface area contributed by atoms with E-state index >= 15 is 0 Å². The van der Waals surface area contributed by atoms with Crippen LogP contribution in [0.25, 0.3) is 11.8 Å². The topological polar surface area (TPSA) is 85.4 Å². The van der Waals surface area contributed by atoms with Gasteiger partial charge in [-0.2, -0.15) is 0 Å². The maximum Gasteiger partial charge on any atom is 0.331 e. The molecule has 1 aromatic carbocycles. The number of hydrogen-bond donors (Lipinski definition) is 1. The first kappa shape index (κ1) is 14.5. The van der Waals surface area contributed by atoms with Crippen molar-refractivity contribution < 1.29 is 14.8 Å². The van der Waals surface area contributed by atoms with Gasteiger partial charge in [0.25, 0.3) is 5.69 Å². The van der Waals surface area contributed by atoms with Crippen molar-refractivity contribution in [1.82, 2.24) is 4.57 Å². The van der Waals surface area contributed by atoms with Gasteiger partial charge >= 0.3 is 5.97 Å². The number of rotatable bonds is 4. The van der Waals surface area contributed by atoms with Gasteiger partial charge in [-0.3, -0.25) is 10.1 Å². The standard InChI is InChI=1S/C15H14N2O4/c1-10-5-6-13(14(8-10)17(20)21)16-7-3-4-12(16)9-11(2)15(18)19/h3-9H,1-2H3,(H,18,19)/b11-9+. The van der Waals surface area contributed by atoms with Crippen LogP contribution >= 0.6 is 0 Å². The van der Waals surface area contributed by atoms with E-state index in [0.717, 1.165) is 5.56 Å². The lowest BCUT2D eigenvalue weighted by Gasteiger charge is -2.08. The van der Waals surface area contributed by atoms with E-state index in [-0.39, 0.29) is 11.3 Å². The summed E-state index contributed by atoms with van der Waals surface area (Å²) in [5.41, 5.74) is 1.90. The molecule has 0 fully saturated rings. The lowest BCUT2D eigenvalue weighted by atomic mass is 10.2. The smallest absolute Gasteiger partial charge is 0.331 e. The molecule has 0 saturated carbocycles. The number of nitro groups is 1. The van der Waals surface area contributed by atoms with Gasteiger partial charge in [-0.25, -0.2) is 4.79 Å². The van der Waals surface area contributed by atoms with Crippen molar-refractivity contribution in [2.45, 2.75) is 13.8 Å². The van der Waals surface area contributed by atoms with E-state index in [2.05, 4.69) is 0 Å². The molecule has 0 aliphatic heterocycles. The SMILES string of the molecule is C/C(=C\c1cccn1-c1ccc(C)cc1[N+](=O)[O-])C(=O)O. The van der Waals surface area contributed by atoms with Crippen molar-refractivity contribution in [1.29, 1.82) is 0 Å². The van der Waals surface area contributed by atoms with Crippen molar-refractivity contribution in [3.05, 3.63) is 63.5 Å². The number of nitro benzene ring substituents is 1. The molecule has 108 valence electrons. The first-order valence-electron chi connectivity index (χ1n) is 6.24. The summed E-state index contributed by atoms with van der Waals surface area (Å²) in [5.74, 6) is -1.03. The van der Waals surface area contributed by atoms with Gasteiger partial charge in [-0.1, -0.05) is 6.07 Å². The number of carboxylic acid groups (broad SMARTS) is 1. The van der Waals surface area contributed by atoms with Crippen LogP contribution in [0, 0.1) is 17.0 Å². The summed E-state index contributed by atoms with van der Waals surface area (Å²) in [6.45, 7) is 3.26. The van der Waals surface area contributed by atoms with Crippen molar-refractivity contribution in [3.63, 3.8) is 0 Å². The van der Waals surface area contributed by atoms with Crippen LogP contribution in [-0.4, -0.2) is 20.6 Å². The van der Waals surface area contributed by atoms with Gasteiger partial charge in [-0.05, 0) is 43.7 Å². The molecule has 6 nitrogen and oxygen atoms in total. The number of aryl methyl sites for hydroxylation is 1. The fraction of sp³-hybridized carbons (Fsp3) is 0.133. The molecule has 0 radical (unpaired) electrons. The minimum Gasteiger partial charge on any atom is -0.478 e. The predicted molar refractivity (Wildman–Crippen MR) is 78.4 cm³/mol. The molecule has 2 aromatic rings. The molecular formula is C15H14N2O4. The van der Waals surface area contributed by atoms with E-state index in [4.69, 9.17) is 5.11 Å². The maximum atomic E-state index is 11.2. The van der Waals surface area contributed by atoms with E-state index in [1.165, 1.54) is 19.1 Å². The highest BCUT2D eigenvalue weighted by Crippen LogP contribution is 2.26. The molecule has 0 atom stereocenters. The van der Waals surface area contributed by atoms with Crippen LogP contribution in [0.2, 0.25) is 0 Å². The molecule has 0 aliphatic rings. The second-order valence-electron chi connectivity index (χ2n) is 4.68. The quantitative estimate of drug-likeness (QED) is 0.531. The minimum atomic E-state index is -1.03. The number of aliphatic carboxylic acids is 1. The van der Waals surface area contributed by atoms with Crippen LogP contribution in [0.4, 0.5) is 5.69 Å². The molecule has 0 spiro atoms. The summed E-state index contributed by atoms with van der Waals surface area (Å²) in [7, 11) is 0. The minimum absolute atomic E-state index is 0.0196. The highest BCUT2D eigenvalue weighted by atomic mass is 16.6. The van der Waals surface area contributed by atoms with Crippen molar-refractivity contribution in [2.24, 2.45) is 0 Å².